The first-order valence-corrected chi connectivity index (χ1v) is 10.1. The van der Waals surface area contributed by atoms with Crippen LogP contribution in [-0.2, 0) is 16.1 Å². The van der Waals surface area contributed by atoms with Crippen LogP contribution in [0.3, 0.4) is 0 Å². The van der Waals surface area contributed by atoms with Crippen molar-refractivity contribution in [1.29, 1.82) is 0 Å². The second-order valence-corrected chi connectivity index (χ2v) is 8.43. The van der Waals surface area contributed by atoms with E-state index < -0.39 is 17.7 Å². The van der Waals surface area contributed by atoms with Crippen LogP contribution >= 0.6 is 0 Å². The summed E-state index contributed by atoms with van der Waals surface area (Å²) < 4.78 is 12.4. The number of hydrogen-bond acceptors (Lipinski definition) is 8. The first kappa shape index (κ1) is 20.8. The third-order valence-corrected chi connectivity index (χ3v) is 4.87. The Kier molecular flexibility index (Phi) is 5.34. The Morgan fingerprint density at radius 2 is 2.13 bits per heavy atom. The molecule has 1 atom stereocenters. The van der Waals surface area contributed by atoms with Crippen LogP contribution in [0.5, 0.6) is 0 Å². The topological polar surface area (TPSA) is 128 Å². The number of likely N-dealkylation sites (tertiary alicyclic amines) is 1. The lowest BCUT2D eigenvalue weighted by Crippen LogP contribution is -2.47. The number of carbonyl (C=O) groups excluding carboxylic acids is 2. The SMILES string of the molecule is Cc1noc(-c2cccn3c(CNC(=O)[C@H]4CCCN4C(=O)OC(C)(C)C)nnc23)n1. The highest BCUT2D eigenvalue weighted by Gasteiger charge is 2.36. The smallest absolute Gasteiger partial charge is 0.410 e. The van der Waals surface area contributed by atoms with E-state index in [2.05, 4.69) is 25.7 Å². The minimum absolute atomic E-state index is 0.158. The summed E-state index contributed by atoms with van der Waals surface area (Å²) in [6, 6.07) is 3.07. The molecule has 1 aliphatic heterocycles. The zero-order chi connectivity index (χ0) is 22.2. The molecule has 1 fully saturated rings. The molecule has 0 aliphatic carbocycles. The third-order valence-electron chi connectivity index (χ3n) is 4.87. The van der Waals surface area contributed by atoms with Crippen molar-refractivity contribution in [2.24, 2.45) is 0 Å². The molecular formula is C20H25N7O4. The molecule has 1 aliphatic rings. The molecule has 0 saturated carbocycles. The molecule has 0 bridgehead atoms. The van der Waals surface area contributed by atoms with Crippen molar-refractivity contribution < 1.29 is 18.8 Å². The van der Waals surface area contributed by atoms with Crippen molar-refractivity contribution in [3.8, 4) is 11.5 Å². The molecule has 1 saturated heterocycles. The van der Waals surface area contributed by atoms with E-state index >= 15 is 0 Å². The summed E-state index contributed by atoms with van der Waals surface area (Å²) in [4.78, 5) is 31.0. The Morgan fingerprint density at radius 3 is 2.84 bits per heavy atom. The summed E-state index contributed by atoms with van der Waals surface area (Å²) >= 11 is 0. The molecule has 0 radical (unpaired) electrons. The maximum Gasteiger partial charge on any atom is 0.410 e. The van der Waals surface area contributed by atoms with E-state index in [9.17, 15) is 9.59 Å². The van der Waals surface area contributed by atoms with Crippen LogP contribution < -0.4 is 5.32 Å². The maximum atomic E-state index is 12.8. The summed E-state index contributed by atoms with van der Waals surface area (Å²) in [5.41, 5.74) is 0.585. The van der Waals surface area contributed by atoms with Gasteiger partial charge in [-0.05, 0) is 52.7 Å². The lowest BCUT2D eigenvalue weighted by atomic mass is 10.2. The Morgan fingerprint density at radius 1 is 1.32 bits per heavy atom. The molecule has 0 spiro atoms. The number of nitrogens with one attached hydrogen (secondary N) is 1. The molecule has 4 heterocycles. The van der Waals surface area contributed by atoms with Crippen LogP contribution in [0.4, 0.5) is 4.79 Å². The lowest BCUT2D eigenvalue weighted by Gasteiger charge is -2.27. The Bertz CT molecular complexity index is 1110. The quantitative estimate of drug-likeness (QED) is 0.670. The molecule has 3 aromatic heterocycles. The van der Waals surface area contributed by atoms with Gasteiger partial charge in [0, 0.05) is 12.7 Å². The number of ether oxygens (including phenoxy) is 1. The van der Waals surface area contributed by atoms with E-state index in [-0.39, 0.29) is 12.5 Å². The number of pyridine rings is 1. The van der Waals surface area contributed by atoms with Gasteiger partial charge in [-0.1, -0.05) is 5.16 Å². The Balaban J connectivity index is 1.47. The minimum atomic E-state index is -0.615. The molecule has 0 unspecified atom stereocenters. The Labute approximate surface area is 178 Å². The maximum absolute atomic E-state index is 12.8. The molecule has 11 nitrogen and oxygen atoms in total. The second kappa shape index (κ2) is 7.97. The van der Waals surface area contributed by atoms with E-state index in [0.29, 0.717) is 41.7 Å². The first-order chi connectivity index (χ1) is 14.7. The normalized spacial score (nSPS) is 16.6. The van der Waals surface area contributed by atoms with E-state index in [1.807, 2.05) is 12.1 Å². The predicted octanol–water partition coefficient (Wildman–Crippen LogP) is 2.10. The fraction of sp³-hybridized carbons (Fsp3) is 0.500. The molecular weight excluding hydrogens is 402 g/mol. The van der Waals surface area contributed by atoms with Gasteiger partial charge in [-0.15, -0.1) is 10.2 Å². The number of aryl methyl sites for hydroxylation is 1. The molecule has 4 rings (SSSR count). The molecule has 2 amide bonds. The highest BCUT2D eigenvalue weighted by molar-refractivity contribution is 5.86. The van der Waals surface area contributed by atoms with Crippen LogP contribution in [0.1, 0.15) is 45.3 Å². The van der Waals surface area contributed by atoms with Crippen LogP contribution in [0.25, 0.3) is 17.1 Å². The standard InChI is InChI=1S/C20H25N7O4/c1-12-22-18(31-25-12)13-7-5-10-27-15(23-24-16(13)27)11-21-17(28)14-8-6-9-26(14)19(29)30-20(2,3)4/h5,7,10,14H,6,8-9,11H2,1-4H3,(H,21,28)/t14-/m1/s1. The minimum Gasteiger partial charge on any atom is -0.444 e. The largest absolute Gasteiger partial charge is 0.444 e. The van der Waals surface area contributed by atoms with Gasteiger partial charge in [0.25, 0.3) is 5.89 Å². The van der Waals surface area contributed by atoms with Crippen LogP contribution in [0, 0.1) is 6.92 Å². The monoisotopic (exact) mass is 427 g/mol. The van der Waals surface area contributed by atoms with Gasteiger partial charge in [-0.3, -0.25) is 14.1 Å². The molecule has 31 heavy (non-hydrogen) atoms. The second-order valence-electron chi connectivity index (χ2n) is 8.43. The number of nitrogens with zero attached hydrogens (tertiary/aromatic N) is 6. The van der Waals surface area contributed by atoms with E-state index in [0.717, 1.165) is 6.42 Å². The van der Waals surface area contributed by atoms with Crippen molar-refractivity contribution in [2.75, 3.05) is 6.54 Å². The van der Waals surface area contributed by atoms with Gasteiger partial charge in [0.05, 0.1) is 12.1 Å². The number of carbonyl (C=O) groups is 2. The van der Waals surface area contributed by atoms with E-state index in [1.165, 1.54) is 4.90 Å². The van der Waals surface area contributed by atoms with Gasteiger partial charge in [-0.25, -0.2) is 4.79 Å². The lowest BCUT2D eigenvalue weighted by molar-refractivity contribution is -0.125. The first-order valence-electron chi connectivity index (χ1n) is 10.1. The molecule has 11 heteroatoms. The van der Waals surface area contributed by atoms with Gasteiger partial charge in [0.2, 0.25) is 5.91 Å². The van der Waals surface area contributed by atoms with Gasteiger partial charge in [-0.2, -0.15) is 4.98 Å². The van der Waals surface area contributed by atoms with Gasteiger partial charge in [0.1, 0.15) is 11.6 Å². The molecule has 3 aromatic rings. The van der Waals surface area contributed by atoms with Crippen molar-refractivity contribution in [3.63, 3.8) is 0 Å². The third kappa shape index (κ3) is 4.35. The average molecular weight is 427 g/mol. The van der Waals surface area contributed by atoms with Crippen molar-refractivity contribution in [1.82, 2.24) is 35.0 Å². The van der Waals surface area contributed by atoms with E-state index in [1.54, 1.807) is 38.3 Å². The summed E-state index contributed by atoms with van der Waals surface area (Å²) in [5, 5.41) is 15.1. The highest BCUT2D eigenvalue weighted by Crippen LogP contribution is 2.23. The summed E-state index contributed by atoms with van der Waals surface area (Å²) in [5.74, 6) is 1.17. The van der Waals surface area contributed by atoms with Crippen LogP contribution in [0.15, 0.2) is 22.9 Å². The van der Waals surface area contributed by atoms with Crippen molar-refractivity contribution in [2.45, 2.75) is 58.7 Å². The summed E-state index contributed by atoms with van der Waals surface area (Å²) in [7, 11) is 0. The van der Waals surface area contributed by atoms with Crippen molar-refractivity contribution >= 4 is 17.6 Å². The Hall–Kier alpha value is -3.50. The highest BCUT2D eigenvalue weighted by atomic mass is 16.6. The summed E-state index contributed by atoms with van der Waals surface area (Å²) in [6.07, 6.45) is 2.66. The molecule has 164 valence electrons. The zero-order valence-electron chi connectivity index (χ0n) is 18.0. The molecule has 0 aromatic carbocycles. The number of hydrogen-bond donors (Lipinski definition) is 1. The predicted molar refractivity (Wildman–Crippen MR) is 109 cm³/mol. The van der Waals surface area contributed by atoms with Gasteiger partial charge in [0.15, 0.2) is 17.3 Å². The molecule has 1 N–H and O–H groups in total. The number of fused-ring (bicyclic) bond motifs is 1. The van der Waals surface area contributed by atoms with Crippen LogP contribution in [-0.4, -0.2) is 59.8 Å². The fourth-order valence-electron chi connectivity index (χ4n) is 3.52. The zero-order valence-corrected chi connectivity index (χ0v) is 18.0. The van der Waals surface area contributed by atoms with Crippen molar-refractivity contribution in [3.05, 3.63) is 30.0 Å². The van der Waals surface area contributed by atoms with Gasteiger partial charge >= 0.3 is 6.09 Å². The number of aromatic nitrogens is 5. The van der Waals surface area contributed by atoms with Gasteiger partial charge < -0.3 is 14.6 Å². The van der Waals surface area contributed by atoms with Crippen LogP contribution in [0.2, 0.25) is 0 Å². The summed E-state index contributed by atoms with van der Waals surface area (Å²) in [6.45, 7) is 7.79. The average Bonchev–Trinajstić information content (AvgIpc) is 3.44. The van der Waals surface area contributed by atoms with E-state index in [4.69, 9.17) is 9.26 Å². The fourth-order valence-corrected chi connectivity index (χ4v) is 3.52. The number of amides is 2. The number of rotatable bonds is 4.